The number of rotatable bonds is 7. The number of hydrogen-bond donors (Lipinski definition) is 0. The van der Waals surface area contributed by atoms with Crippen LogP contribution in [0.3, 0.4) is 0 Å². The van der Waals surface area contributed by atoms with Gasteiger partial charge in [0, 0.05) is 18.7 Å². The average Bonchev–Trinajstić information content (AvgIpc) is 2.79. The highest BCUT2D eigenvalue weighted by Crippen LogP contribution is 2.31. The molecule has 3 aromatic carbocycles. The van der Waals surface area contributed by atoms with E-state index in [1.807, 2.05) is 32.9 Å². The Morgan fingerprint density at radius 1 is 0.816 bits per heavy atom. The SMILES string of the molecule is CC(C)(C)c1ccc(CN(CCc2cccc(OC(F)(F)F)c2)C(=O)c2cc(F)cc(C(F)(F)F)c2)cc1. The Morgan fingerprint density at radius 3 is 2.05 bits per heavy atom. The highest BCUT2D eigenvalue weighted by molar-refractivity contribution is 5.94. The highest BCUT2D eigenvalue weighted by atomic mass is 19.4. The van der Waals surface area contributed by atoms with Gasteiger partial charge in [0.15, 0.2) is 0 Å². The summed E-state index contributed by atoms with van der Waals surface area (Å²) in [7, 11) is 0. The van der Waals surface area contributed by atoms with Gasteiger partial charge in [-0.3, -0.25) is 4.79 Å². The lowest BCUT2D eigenvalue weighted by atomic mass is 9.87. The standard InChI is InChI=1S/C28H26F7NO2/c1-26(2,3)21-9-7-19(8-10-21)17-36(12-11-18-5-4-6-24(13-18)38-28(33,34)35)25(37)20-14-22(27(30,31)32)16-23(29)15-20/h4-10,13-16H,11-12,17H2,1-3H3. The Hall–Kier alpha value is -3.56. The third-order valence-corrected chi connectivity index (χ3v) is 5.76. The van der Waals surface area contributed by atoms with E-state index in [0.717, 1.165) is 23.8 Å². The van der Waals surface area contributed by atoms with E-state index in [9.17, 15) is 35.5 Å². The lowest BCUT2D eigenvalue weighted by molar-refractivity contribution is -0.274. The van der Waals surface area contributed by atoms with Crippen LogP contribution in [-0.2, 0) is 24.6 Å². The Balaban J connectivity index is 1.90. The minimum Gasteiger partial charge on any atom is -0.406 e. The Kier molecular flexibility index (Phi) is 8.43. The number of amides is 1. The molecule has 0 unspecified atom stereocenters. The number of nitrogens with zero attached hydrogens (tertiary/aromatic N) is 1. The molecule has 0 saturated carbocycles. The van der Waals surface area contributed by atoms with E-state index in [0.29, 0.717) is 23.3 Å². The van der Waals surface area contributed by atoms with Crippen molar-refractivity contribution in [2.75, 3.05) is 6.54 Å². The molecule has 0 saturated heterocycles. The Bertz CT molecular complexity index is 1260. The molecule has 0 radical (unpaired) electrons. The van der Waals surface area contributed by atoms with Gasteiger partial charge in [-0.05, 0) is 58.9 Å². The van der Waals surface area contributed by atoms with Crippen LogP contribution in [-0.4, -0.2) is 23.7 Å². The van der Waals surface area contributed by atoms with Crippen LogP contribution in [0.25, 0.3) is 0 Å². The van der Waals surface area contributed by atoms with Gasteiger partial charge in [0.25, 0.3) is 5.91 Å². The Morgan fingerprint density at radius 2 is 1.47 bits per heavy atom. The first-order valence-corrected chi connectivity index (χ1v) is 11.6. The minimum atomic E-state index is -4.88. The maximum Gasteiger partial charge on any atom is 0.573 e. The molecule has 10 heteroatoms. The average molecular weight is 542 g/mol. The summed E-state index contributed by atoms with van der Waals surface area (Å²) in [6.45, 7) is 6.00. The Labute approximate surface area is 215 Å². The van der Waals surface area contributed by atoms with E-state index in [1.165, 1.54) is 17.0 Å². The molecule has 3 rings (SSSR count). The smallest absolute Gasteiger partial charge is 0.406 e. The van der Waals surface area contributed by atoms with Gasteiger partial charge in [-0.25, -0.2) is 4.39 Å². The van der Waals surface area contributed by atoms with Gasteiger partial charge in [0.2, 0.25) is 0 Å². The molecule has 0 atom stereocenters. The molecule has 3 nitrogen and oxygen atoms in total. The van der Waals surface area contributed by atoms with Crippen molar-refractivity contribution in [3.63, 3.8) is 0 Å². The predicted octanol–water partition coefficient (Wildman–Crippen LogP) is 7.93. The van der Waals surface area contributed by atoms with Crippen molar-refractivity contribution < 1.29 is 40.3 Å². The van der Waals surface area contributed by atoms with E-state index < -0.39 is 41.1 Å². The first-order chi connectivity index (χ1) is 17.5. The lowest BCUT2D eigenvalue weighted by Gasteiger charge is -2.25. The number of halogens is 7. The normalized spacial score (nSPS) is 12.4. The summed E-state index contributed by atoms with van der Waals surface area (Å²) >= 11 is 0. The zero-order chi connectivity index (χ0) is 28.3. The molecule has 0 fully saturated rings. The molecule has 0 heterocycles. The molecular formula is C28H26F7NO2. The lowest BCUT2D eigenvalue weighted by Crippen LogP contribution is -2.33. The van der Waals surface area contributed by atoms with Crippen LogP contribution in [0.5, 0.6) is 5.75 Å². The van der Waals surface area contributed by atoms with E-state index in [4.69, 9.17) is 0 Å². The molecule has 0 bridgehead atoms. The van der Waals surface area contributed by atoms with Crippen LogP contribution in [0.2, 0.25) is 0 Å². The monoisotopic (exact) mass is 541 g/mol. The molecule has 38 heavy (non-hydrogen) atoms. The van der Waals surface area contributed by atoms with Crippen molar-refractivity contribution in [1.29, 1.82) is 0 Å². The molecule has 0 aromatic heterocycles. The molecule has 1 amide bonds. The van der Waals surface area contributed by atoms with Crippen LogP contribution < -0.4 is 4.74 Å². The third kappa shape index (κ3) is 8.22. The molecule has 204 valence electrons. The van der Waals surface area contributed by atoms with Crippen LogP contribution >= 0.6 is 0 Å². The molecule has 0 spiro atoms. The van der Waals surface area contributed by atoms with Gasteiger partial charge in [0.1, 0.15) is 11.6 Å². The van der Waals surface area contributed by atoms with E-state index >= 15 is 0 Å². The number of carbonyl (C=O) groups excluding carboxylic acids is 1. The van der Waals surface area contributed by atoms with Crippen molar-refractivity contribution in [2.45, 2.75) is 51.7 Å². The fourth-order valence-electron chi connectivity index (χ4n) is 3.80. The largest absolute Gasteiger partial charge is 0.573 e. The number of alkyl halides is 6. The molecule has 0 aliphatic rings. The summed E-state index contributed by atoms with van der Waals surface area (Å²) in [6, 6.07) is 14.1. The summed E-state index contributed by atoms with van der Waals surface area (Å²) in [6.07, 6.45) is -9.67. The predicted molar refractivity (Wildman–Crippen MR) is 128 cm³/mol. The summed E-state index contributed by atoms with van der Waals surface area (Å²) in [4.78, 5) is 14.5. The van der Waals surface area contributed by atoms with Crippen molar-refractivity contribution in [2.24, 2.45) is 0 Å². The van der Waals surface area contributed by atoms with Crippen LogP contribution in [0.4, 0.5) is 30.7 Å². The molecule has 0 aliphatic carbocycles. The van der Waals surface area contributed by atoms with Crippen molar-refractivity contribution in [1.82, 2.24) is 4.90 Å². The quantitative estimate of drug-likeness (QED) is 0.285. The maximum absolute atomic E-state index is 14.0. The zero-order valence-electron chi connectivity index (χ0n) is 20.9. The second-order valence-electron chi connectivity index (χ2n) is 9.85. The van der Waals surface area contributed by atoms with Crippen molar-refractivity contribution >= 4 is 5.91 Å². The molecular weight excluding hydrogens is 515 g/mol. The van der Waals surface area contributed by atoms with Crippen molar-refractivity contribution in [3.05, 3.63) is 100 Å². The first kappa shape index (κ1) is 29.0. The van der Waals surface area contributed by atoms with Crippen LogP contribution in [0.15, 0.2) is 66.7 Å². The van der Waals surface area contributed by atoms with Gasteiger partial charge >= 0.3 is 12.5 Å². The van der Waals surface area contributed by atoms with E-state index in [-0.39, 0.29) is 24.9 Å². The van der Waals surface area contributed by atoms with Gasteiger partial charge in [0.05, 0.1) is 5.56 Å². The number of hydrogen-bond acceptors (Lipinski definition) is 2. The highest BCUT2D eigenvalue weighted by Gasteiger charge is 2.33. The fraction of sp³-hybridized carbons (Fsp3) is 0.321. The molecule has 3 aromatic rings. The zero-order valence-corrected chi connectivity index (χ0v) is 20.9. The second kappa shape index (κ2) is 11.0. The second-order valence-corrected chi connectivity index (χ2v) is 9.85. The van der Waals surface area contributed by atoms with Crippen LogP contribution in [0.1, 0.15) is 53.4 Å². The number of benzene rings is 3. The maximum atomic E-state index is 14.0. The van der Waals surface area contributed by atoms with Gasteiger partial charge in [-0.2, -0.15) is 13.2 Å². The number of ether oxygens (including phenoxy) is 1. The van der Waals surface area contributed by atoms with Gasteiger partial charge in [-0.1, -0.05) is 57.2 Å². The summed E-state index contributed by atoms with van der Waals surface area (Å²) in [5, 5.41) is 0. The van der Waals surface area contributed by atoms with E-state index in [2.05, 4.69) is 4.74 Å². The fourth-order valence-corrected chi connectivity index (χ4v) is 3.80. The third-order valence-electron chi connectivity index (χ3n) is 5.76. The van der Waals surface area contributed by atoms with Gasteiger partial charge in [-0.15, -0.1) is 13.2 Å². The number of carbonyl (C=O) groups is 1. The van der Waals surface area contributed by atoms with Gasteiger partial charge < -0.3 is 9.64 Å². The van der Waals surface area contributed by atoms with Crippen molar-refractivity contribution in [3.8, 4) is 5.75 Å². The topological polar surface area (TPSA) is 29.5 Å². The summed E-state index contributed by atoms with van der Waals surface area (Å²) in [5.74, 6) is -2.50. The molecule has 0 N–H and O–H groups in total. The summed E-state index contributed by atoms with van der Waals surface area (Å²) in [5.41, 5.74) is 0.189. The minimum absolute atomic E-state index is 0.0140. The summed E-state index contributed by atoms with van der Waals surface area (Å²) < 4.78 is 95.4. The van der Waals surface area contributed by atoms with Crippen LogP contribution in [0, 0.1) is 5.82 Å². The molecule has 0 aliphatic heterocycles. The first-order valence-electron chi connectivity index (χ1n) is 11.6. The van der Waals surface area contributed by atoms with E-state index in [1.54, 1.807) is 12.1 Å².